The molecular weight excluding hydrogens is 500 g/mol. The normalized spacial score (nSPS) is 14.1. The van der Waals surface area contributed by atoms with Gasteiger partial charge in [-0.05, 0) is 35.9 Å². The molecule has 1 fully saturated rings. The van der Waals surface area contributed by atoms with Crippen LogP contribution in [0.1, 0.15) is 0 Å². The van der Waals surface area contributed by atoms with E-state index in [4.69, 9.17) is 0 Å². The zero-order valence-electron chi connectivity index (χ0n) is 20.2. The molecule has 5 rings (SSSR count). The molecule has 0 saturated carbocycles. The Bertz CT molecular complexity index is 1580. The monoisotopic (exact) mass is 525 g/mol. The van der Waals surface area contributed by atoms with Gasteiger partial charge in [0.05, 0.1) is 11.2 Å². The van der Waals surface area contributed by atoms with Crippen LogP contribution in [-0.4, -0.2) is 63.6 Å². The number of fused-ring (bicyclic) bond motifs is 1. The number of sulfonamides is 1. The van der Waals surface area contributed by atoms with Gasteiger partial charge in [-0.25, -0.2) is 32.2 Å². The molecule has 2 aromatic carbocycles. The maximum atomic E-state index is 14.3. The summed E-state index contributed by atoms with van der Waals surface area (Å²) in [4.78, 5) is 16.6. The fourth-order valence-electron chi connectivity index (χ4n) is 4.29. The van der Waals surface area contributed by atoms with E-state index in [-0.39, 0.29) is 5.69 Å². The summed E-state index contributed by atoms with van der Waals surface area (Å²) in [6.07, 6.45) is 3.19. The lowest BCUT2D eigenvalue weighted by Crippen LogP contribution is -2.44. The summed E-state index contributed by atoms with van der Waals surface area (Å²) >= 11 is 0. The predicted molar refractivity (Wildman–Crippen MR) is 139 cm³/mol. The zero-order valence-corrected chi connectivity index (χ0v) is 21.1. The number of rotatable bonds is 6. The molecule has 0 bridgehead atoms. The maximum Gasteiger partial charge on any atom is 0.264 e. The lowest BCUT2D eigenvalue weighted by Gasteiger charge is -2.29. The first-order chi connectivity index (χ1) is 17.7. The number of anilines is 3. The summed E-state index contributed by atoms with van der Waals surface area (Å²) in [6.45, 7) is 3.36. The van der Waals surface area contributed by atoms with Gasteiger partial charge in [-0.15, -0.1) is 0 Å². The fourth-order valence-corrected chi connectivity index (χ4v) is 5.40. The van der Waals surface area contributed by atoms with E-state index < -0.39 is 26.6 Å². The number of hydrogen-bond donors (Lipinski definition) is 2. The Kier molecular flexibility index (Phi) is 6.61. The molecule has 3 heterocycles. The second kappa shape index (κ2) is 9.87. The van der Waals surface area contributed by atoms with E-state index >= 15 is 0 Å². The highest BCUT2D eigenvalue weighted by molar-refractivity contribution is 7.92. The standard InChI is InChI=1S/C25H25F2N7O2S/c1-33(2)25-22(32-37(35,36)23-6-4-18(26)13-20(23)27)12-17(14-29-25)16-3-5-21-19(11-16)24(31-15-30-21)34-9-7-28-8-10-34/h3-6,11-15,28,32H,7-10H2,1-2H3. The smallest absolute Gasteiger partial charge is 0.264 e. The second-order valence-corrected chi connectivity index (χ2v) is 10.5. The average molecular weight is 526 g/mol. The van der Waals surface area contributed by atoms with Crippen LogP contribution in [0.5, 0.6) is 0 Å². The van der Waals surface area contributed by atoms with Crippen LogP contribution in [0.2, 0.25) is 0 Å². The van der Waals surface area contributed by atoms with Crippen molar-refractivity contribution < 1.29 is 17.2 Å². The largest absolute Gasteiger partial charge is 0.361 e. The molecule has 1 saturated heterocycles. The summed E-state index contributed by atoms with van der Waals surface area (Å²) in [5.74, 6) is -0.882. The molecule has 37 heavy (non-hydrogen) atoms. The molecule has 2 N–H and O–H groups in total. The minimum atomic E-state index is -4.36. The van der Waals surface area contributed by atoms with E-state index in [2.05, 4.69) is 29.9 Å². The van der Waals surface area contributed by atoms with Gasteiger partial charge >= 0.3 is 0 Å². The Morgan fingerprint density at radius 2 is 1.76 bits per heavy atom. The van der Waals surface area contributed by atoms with E-state index in [1.807, 2.05) is 18.2 Å². The van der Waals surface area contributed by atoms with Gasteiger partial charge in [0, 0.05) is 63.5 Å². The van der Waals surface area contributed by atoms with Gasteiger partial charge in [0.25, 0.3) is 10.0 Å². The molecule has 0 spiro atoms. The van der Waals surface area contributed by atoms with Crippen molar-refractivity contribution in [2.75, 3.05) is 54.8 Å². The van der Waals surface area contributed by atoms with Crippen molar-refractivity contribution in [3.05, 3.63) is 66.6 Å². The van der Waals surface area contributed by atoms with Crippen LogP contribution in [0.15, 0.2) is 59.9 Å². The maximum absolute atomic E-state index is 14.3. The second-order valence-electron chi connectivity index (χ2n) is 8.84. The first kappa shape index (κ1) is 24.8. The summed E-state index contributed by atoms with van der Waals surface area (Å²) in [6, 6.07) is 9.67. The molecule has 0 radical (unpaired) electrons. The number of nitrogens with zero attached hydrogens (tertiary/aromatic N) is 5. The molecule has 9 nitrogen and oxygen atoms in total. The number of halogens is 2. The summed E-state index contributed by atoms with van der Waals surface area (Å²) < 4.78 is 56.1. The van der Waals surface area contributed by atoms with Crippen LogP contribution in [0.3, 0.4) is 0 Å². The Balaban J connectivity index is 1.56. The van der Waals surface area contributed by atoms with Crippen molar-refractivity contribution in [3.8, 4) is 11.1 Å². The fraction of sp³-hybridized carbons (Fsp3) is 0.240. The van der Waals surface area contributed by atoms with Crippen LogP contribution in [0.25, 0.3) is 22.0 Å². The SMILES string of the molecule is CN(C)c1ncc(-c2ccc3ncnc(N4CCNCC4)c3c2)cc1NS(=O)(=O)c1ccc(F)cc1F. The van der Waals surface area contributed by atoms with Gasteiger partial charge in [-0.2, -0.15) is 0 Å². The molecule has 0 aliphatic carbocycles. The number of hydrogen-bond acceptors (Lipinski definition) is 8. The van der Waals surface area contributed by atoms with Crippen LogP contribution < -0.4 is 19.8 Å². The number of nitrogens with one attached hydrogen (secondary N) is 2. The topological polar surface area (TPSA) is 103 Å². The van der Waals surface area contributed by atoms with E-state index in [0.717, 1.165) is 60.6 Å². The lowest BCUT2D eigenvalue weighted by atomic mass is 10.0. The highest BCUT2D eigenvalue weighted by Gasteiger charge is 2.23. The van der Waals surface area contributed by atoms with E-state index in [1.165, 1.54) is 0 Å². The Hall–Kier alpha value is -3.90. The summed E-state index contributed by atoms with van der Waals surface area (Å²) in [5.41, 5.74) is 2.36. The van der Waals surface area contributed by atoms with E-state index in [0.29, 0.717) is 17.4 Å². The number of pyridine rings is 1. The zero-order chi connectivity index (χ0) is 26.2. The Labute approximate surface area is 213 Å². The molecular formula is C25H25F2N7O2S. The molecule has 0 atom stereocenters. The quantitative estimate of drug-likeness (QED) is 0.396. The third-order valence-corrected chi connectivity index (χ3v) is 7.48. The molecule has 0 unspecified atom stereocenters. The van der Waals surface area contributed by atoms with Crippen LogP contribution in [0.4, 0.5) is 26.1 Å². The molecule has 1 aliphatic heterocycles. The van der Waals surface area contributed by atoms with E-state index in [9.17, 15) is 17.2 Å². The Morgan fingerprint density at radius 3 is 2.49 bits per heavy atom. The van der Waals surface area contributed by atoms with Crippen molar-refractivity contribution >= 4 is 38.2 Å². The lowest BCUT2D eigenvalue weighted by molar-refractivity contribution is 0.551. The van der Waals surface area contributed by atoms with Gasteiger partial charge in [0.1, 0.15) is 28.7 Å². The van der Waals surface area contributed by atoms with Crippen LogP contribution >= 0.6 is 0 Å². The first-order valence-electron chi connectivity index (χ1n) is 11.6. The van der Waals surface area contributed by atoms with Crippen molar-refractivity contribution in [1.29, 1.82) is 0 Å². The highest BCUT2D eigenvalue weighted by Crippen LogP contribution is 2.33. The van der Waals surface area contributed by atoms with Crippen molar-refractivity contribution in [2.45, 2.75) is 4.90 Å². The summed E-state index contributed by atoms with van der Waals surface area (Å²) in [7, 11) is -0.935. The van der Waals surface area contributed by atoms with Crippen LogP contribution in [-0.2, 0) is 10.0 Å². The van der Waals surface area contributed by atoms with Gasteiger partial charge in [-0.3, -0.25) is 4.72 Å². The number of benzene rings is 2. The van der Waals surface area contributed by atoms with Crippen molar-refractivity contribution in [3.63, 3.8) is 0 Å². The van der Waals surface area contributed by atoms with Crippen molar-refractivity contribution in [2.24, 2.45) is 0 Å². The molecule has 1 aliphatic rings. The number of aromatic nitrogens is 3. The average Bonchev–Trinajstić information content (AvgIpc) is 2.88. The molecule has 12 heteroatoms. The molecule has 4 aromatic rings. The van der Waals surface area contributed by atoms with E-state index in [1.54, 1.807) is 37.6 Å². The number of piperazine rings is 1. The highest BCUT2D eigenvalue weighted by atomic mass is 32.2. The van der Waals surface area contributed by atoms with Gasteiger partial charge in [0.15, 0.2) is 5.82 Å². The third kappa shape index (κ3) is 5.02. The molecule has 2 aromatic heterocycles. The van der Waals surface area contributed by atoms with Crippen LogP contribution in [0, 0.1) is 11.6 Å². The molecule has 0 amide bonds. The van der Waals surface area contributed by atoms with Gasteiger partial charge in [0.2, 0.25) is 0 Å². The third-order valence-electron chi connectivity index (χ3n) is 6.08. The Morgan fingerprint density at radius 1 is 0.973 bits per heavy atom. The summed E-state index contributed by atoms with van der Waals surface area (Å²) in [5, 5.41) is 4.20. The minimum Gasteiger partial charge on any atom is -0.361 e. The van der Waals surface area contributed by atoms with Crippen molar-refractivity contribution in [1.82, 2.24) is 20.3 Å². The van der Waals surface area contributed by atoms with Gasteiger partial charge in [-0.1, -0.05) is 6.07 Å². The van der Waals surface area contributed by atoms with Gasteiger partial charge < -0.3 is 15.1 Å². The molecule has 192 valence electrons. The first-order valence-corrected chi connectivity index (χ1v) is 13.1. The minimum absolute atomic E-state index is 0.151. The predicted octanol–water partition coefficient (Wildman–Crippen LogP) is 3.25.